The van der Waals surface area contributed by atoms with Crippen molar-refractivity contribution in [3.8, 4) is 22.6 Å². The van der Waals surface area contributed by atoms with Crippen LogP contribution in [0.25, 0.3) is 22.1 Å². The summed E-state index contributed by atoms with van der Waals surface area (Å²) in [4.78, 5) is 25.0. The Morgan fingerprint density at radius 1 is 0.914 bits per heavy atom. The Hall–Kier alpha value is -3.92. The number of carbonyl (C=O) groups is 1. The summed E-state index contributed by atoms with van der Waals surface area (Å²) in [7, 11) is 0. The van der Waals surface area contributed by atoms with Crippen LogP contribution in [-0.2, 0) is 4.79 Å². The zero-order valence-corrected chi connectivity index (χ0v) is 18.3. The average molecular weight is 511 g/mol. The summed E-state index contributed by atoms with van der Waals surface area (Å²) >= 11 is 5.89. The van der Waals surface area contributed by atoms with E-state index in [-0.39, 0.29) is 27.9 Å². The van der Waals surface area contributed by atoms with Crippen molar-refractivity contribution in [3.63, 3.8) is 0 Å². The van der Waals surface area contributed by atoms with Gasteiger partial charge in [-0.1, -0.05) is 23.7 Å². The molecule has 4 aromatic rings. The van der Waals surface area contributed by atoms with Crippen molar-refractivity contribution in [2.45, 2.75) is 6.92 Å². The third-order valence-corrected chi connectivity index (χ3v) is 5.16. The van der Waals surface area contributed by atoms with Gasteiger partial charge in [-0.05, 0) is 36.8 Å². The predicted octanol–water partition coefficient (Wildman–Crippen LogP) is 6.10. The molecule has 5 nitrogen and oxygen atoms in total. The lowest BCUT2D eigenvalue weighted by Gasteiger charge is -2.11. The minimum absolute atomic E-state index is 0.0798. The molecule has 35 heavy (non-hydrogen) atoms. The van der Waals surface area contributed by atoms with Crippen LogP contribution in [0.4, 0.5) is 22.0 Å². The third-order valence-electron chi connectivity index (χ3n) is 4.91. The van der Waals surface area contributed by atoms with Gasteiger partial charge in [0.05, 0.1) is 10.9 Å². The van der Waals surface area contributed by atoms with E-state index < -0.39 is 47.4 Å². The molecule has 0 spiro atoms. The van der Waals surface area contributed by atoms with Crippen LogP contribution in [-0.4, -0.2) is 12.6 Å². The number of esters is 1. The van der Waals surface area contributed by atoms with Crippen LogP contribution in [0.2, 0.25) is 5.02 Å². The maximum absolute atomic E-state index is 13.7. The minimum Gasteiger partial charge on any atom is -0.476 e. The number of aryl methyl sites for hydroxylation is 1. The SMILES string of the molecule is Cc1oc2cc(OC(=O)COc3c(F)c(F)c(F)c(F)c3F)ccc2c(=O)c1-c1ccc(Cl)cc1. The number of ether oxygens (including phenoxy) is 2. The van der Waals surface area contributed by atoms with Crippen molar-refractivity contribution in [1.29, 1.82) is 0 Å². The van der Waals surface area contributed by atoms with Gasteiger partial charge >= 0.3 is 5.97 Å². The smallest absolute Gasteiger partial charge is 0.349 e. The summed E-state index contributed by atoms with van der Waals surface area (Å²) in [5.41, 5.74) is 0.633. The highest BCUT2D eigenvalue weighted by molar-refractivity contribution is 6.30. The van der Waals surface area contributed by atoms with Crippen LogP contribution >= 0.6 is 11.6 Å². The Kier molecular flexibility index (Phi) is 6.49. The number of hydrogen-bond donors (Lipinski definition) is 0. The fourth-order valence-corrected chi connectivity index (χ4v) is 3.43. The van der Waals surface area contributed by atoms with Crippen LogP contribution in [0, 0.1) is 36.0 Å². The molecule has 0 aliphatic rings. The molecule has 0 atom stereocenters. The third kappa shape index (κ3) is 4.57. The first-order valence-electron chi connectivity index (χ1n) is 9.76. The van der Waals surface area contributed by atoms with Crippen molar-refractivity contribution >= 4 is 28.5 Å². The summed E-state index contributed by atoms with van der Waals surface area (Å²) in [5, 5.41) is 0.671. The zero-order valence-electron chi connectivity index (χ0n) is 17.6. The van der Waals surface area contributed by atoms with E-state index >= 15 is 0 Å². The van der Waals surface area contributed by atoms with Crippen molar-refractivity contribution < 1.29 is 40.6 Å². The van der Waals surface area contributed by atoms with Crippen LogP contribution in [0.15, 0.2) is 51.7 Å². The van der Waals surface area contributed by atoms with Crippen LogP contribution < -0.4 is 14.9 Å². The van der Waals surface area contributed by atoms with E-state index in [1.165, 1.54) is 18.2 Å². The van der Waals surface area contributed by atoms with Gasteiger partial charge in [0, 0.05) is 11.1 Å². The molecule has 180 valence electrons. The van der Waals surface area contributed by atoms with Gasteiger partial charge in [-0.3, -0.25) is 4.79 Å². The van der Waals surface area contributed by atoms with Gasteiger partial charge < -0.3 is 13.9 Å². The lowest BCUT2D eigenvalue weighted by molar-refractivity contribution is -0.136. The first kappa shape index (κ1) is 24.2. The van der Waals surface area contributed by atoms with E-state index in [0.717, 1.165) is 0 Å². The van der Waals surface area contributed by atoms with E-state index in [0.29, 0.717) is 16.1 Å². The monoisotopic (exact) mass is 510 g/mol. The van der Waals surface area contributed by atoms with Crippen molar-refractivity contribution in [3.05, 3.63) is 92.6 Å². The number of carbonyl (C=O) groups excluding carboxylic acids is 1. The molecule has 0 amide bonds. The van der Waals surface area contributed by atoms with Crippen molar-refractivity contribution in [2.24, 2.45) is 0 Å². The maximum Gasteiger partial charge on any atom is 0.349 e. The van der Waals surface area contributed by atoms with Crippen molar-refractivity contribution in [1.82, 2.24) is 0 Å². The molecule has 0 unspecified atom stereocenters. The Labute approximate surface area is 198 Å². The van der Waals surface area contributed by atoms with Crippen LogP contribution in [0.5, 0.6) is 11.5 Å². The topological polar surface area (TPSA) is 65.7 Å². The van der Waals surface area contributed by atoms with Crippen LogP contribution in [0.3, 0.4) is 0 Å². The molecule has 11 heteroatoms. The predicted molar refractivity (Wildman–Crippen MR) is 115 cm³/mol. The minimum atomic E-state index is -2.36. The van der Waals surface area contributed by atoms with E-state index in [9.17, 15) is 31.5 Å². The highest BCUT2D eigenvalue weighted by Crippen LogP contribution is 2.30. The Balaban J connectivity index is 1.56. The standard InChI is InChI=1S/C24H12ClF5O5/c1-10-17(11-2-4-12(25)5-3-11)23(32)14-7-6-13(8-15(14)34-10)35-16(31)9-33-24-21(29)19(27)18(26)20(28)22(24)30/h2-8H,9H2,1H3. The van der Waals surface area contributed by atoms with Gasteiger partial charge in [-0.25, -0.2) is 18.0 Å². The fourth-order valence-electron chi connectivity index (χ4n) is 3.30. The van der Waals surface area contributed by atoms with Crippen LogP contribution in [0.1, 0.15) is 5.76 Å². The lowest BCUT2D eigenvalue weighted by Crippen LogP contribution is -2.19. The first-order chi connectivity index (χ1) is 16.6. The summed E-state index contributed by atoms with van der Waals surface area (Å²) in [5.74, 6) is -13.9. The van der Waals surface area contributed by atoms with Gasteiger partial charge in [-0.2, -0.15) is 8.78 Å². The summed E-state index contributed by atoms with van der Waals surface area (Å²) in [6.45, 7) is 0.399. The van der Waals surface area contributed by atoms with Gasteiger partial charge in [0.1, 0.15) is 17.1 Å². The number of hydrogen-bond acceptors (Lipinski definition) is 5. The fraction of sp³-hybridized carbons (Fsp3) is 0.0833. The summed E-state index contributed by atoms with van der Waals surface area (Å²) in [6.07, 6.45) is 0. The summed E-state index contributed by atoms with van der Waals surface area (Å²) < 4.78 is 82.0. The Bertz CT molecular complexity index is 1500. The van der Waals surface area contributed by atoms with E-state index in [2.05, 4.69) is 4.74 Å². The Morgan fingerprint density at radius 2 is 1.51 bits per heavy atom. The average Bonchev–Trinajstić information content (AvgIpc) is 2.82. The van der Waals surface area contributed by atoms with Crippen molar-refractivity contribution in [2.75, 3.05) is 6.61 Å². The van der Waals surface area contributed by atoms with Gasteiger partial charge in [0.2, 0.25) is 34.5 Å². The molecule has 0 saturated heterocycles. The molecule has 0 saturated carbocycles. The van der Waals surface area contributed by atoms with E-state index in [1.54, 1.807) is 31.2 Å². The largest absolute Gasteiger partial charge is 0.476 e. The number of benzene rings is 3. The normalized spacial score (nSPS) is 11.1. The number of fused-ring (bicyclic) bond motifs is 1. The molecular weight excluding hydrogens is 499 g/mol. The molecule has 0 bridgehead atoms. The van der Waals surface area contributed by atoms with E-state index in [1.807, 2.05) is 0 Å². The molecule has 0 aliphatic heterocycles. The second-order valence-corrected chi connectivity index (χ2v) is 7.63. The quantitative estimate of drug-likeness (QED) is 0.107. The molecule has 0 aliphatic carbocycles. The van der Waals surface area contributed by atoms with Gasteiger partial charge in [0.25, 0.3) is 0 Å². The first-order valence-corrected chi connectivity index (χ1v) is 10.1. The zero-order chi connectivity index (χ0) is 25.4. The molecule has 4 rings (SSSR count). The molecule has 3 aromatic carbocycles. The lowest BCUT2D eigenvalue weighted by atomic mass is 10.0. The molecule has 1 aromatic heterocycles. The molecule has 0 fully saturated rings. The van der Waals surface area contributed by atoms with Gasteiger partial charge in [0.15, 0.2) is 12.4 Å². The number of halogens is 6. The second kappa shape index (κ2) is 9.38. The van der Waals surface area contributed by atoms with E-state index in [4.69, 9.17) is 20.8 Å². The molecule has 1 heterocycles. The maximum atomic E-state index is 13.7. The van der Waals surface area contributed by atoms with Gasteiger partial charge in [-0.15, -0.1) is 0 Å². The highest BCUT2D eigenvalue weighted by Gasteiger charge is 2.27. The molecular formula is C24H12ClF5O5. The molecule has 0 radical (unpaired) electrons. The second-order valence-electron chi connectivity index (χ2n) is 7.19. The molecule has 0 N–H and O–H groups in total. The summed E-state index contributed by atoms with van der Waals surface area (Å²) in [6, 6.07) is 10.4. The highest BCUT2D eigenvalue weighted by atomic mass is 35.5. The Morgan fingerprint density at radius 3 is 2.14 bits per heavy atom. The number of rotatable bonds is 5.